The van der Waals surface area contributed by atoms with Gasteiger partial charge in [-0.3, -0.25) is 9.59 Å². The van der Waals surface area contributed by atoms with Gasteiger partial charge in [0.25, 0.3) is 0 Å². The maximum atomic E-state index is 11.2. The lowest BCUT2D eigenvalue weighted by atomic mass is 10.3. The number of carbonyl (C=O) groups is 2. The molecule has 0 spiro atoms. The number of carboxylic acids is 1. The van der Waals surface area contributed by atoms with Crippen LogP contribution >= 0.6 is 0 Å². The topological polar surface area (TPSA) is 69.6 Å². The van der Waals surface area contributed by atoms with E-state index >= 15 is 0 Å². The number of carboxylic acid groups (broad SMARTS) is 1. The summed E-state index contributed by atoms with van der Waals surface area (Å²) < 4.78 is 0. The Kier molecular flexibility index (Phi) is 4.28. The highest BCUT2D eigenvalue weighted by Crippen LogP contribution is 1.90. The van der Waals surface area contributed by atoms with E-state index in [0.717, 1.165) is 0 Å². The van der Waals surface area contributed by atoms with Crippen molar-refractivity contribution in [1.29, 1.82) is 0 Å². The van der Waals surface area contributed by atoms with E-state index in [0.29, 0.717) is 0 Å². The van der Waals surface area contributed by atoms with Crippen molar-refractivity contribution in [3.63, 3.8) is 0 Å². The molecule has 0 aromatic rings. The second-order valence-corrected chi connectivity index (χ2v) is 2.60. The van der Waals surface area contributed by atoms with Gasteiger partial charge in [-0.25, -0.2) is 0 Å². The average Bonchev–Trinajstić information content (AvgIpc) is 2.00. The van der Waals surface area contributed by atoms with Crippen LogP contribution in [0.5, 0.6) is 0 Å². The molecule has 0 aliphatic rings. The first kappa shape index (κ1) is 10.9. The molecule has 5 nitrogen and oxygen atoms in total. The zero-order valence-corrected chi connectivity index (χ0v) is 7.50. The molecule has 12 heavy (non-hydrogen) atoms. The molecule has 1 atom stereocenters. The van der Waals surface area contributed by atoms with Gasteiger partial charge in [0.1, 0.15) is 6.54 Å². The third kappa shape index (κ3) is 3.34. The number of hydrogen-bond donors (Lipinski definition) is 2. The van der Waals surface area contributed by atoms with Gasteiger partial charge >= 0.3 is 5.97 Å². The van der Waals surface area contributed by atoms with Gasteiger partial charge in [0.15, 0.2) is 0 Å². The van der Waals surface area contributed by atoms with Crippen LogP contribution in [0.25, 0.3) is 0 Å². The fourth-order valence-corrected chi connectivity index (χ4v) is 0.735. The number of aliphatic carboxylic acids is 1. The van der Waals surface area contributed by atoms with Gasteiger partial charge in [-0.1, -0.05) is 0 Å². The third-order valence-corrected chi connectivity index (χ3v) is 1.55. The Morgan fingerprint density at radius 2 is 2.08 bits per heavy atom. The SMILES string of the molecule is CNC(C)C(=O)N(C)CC(=O)O. The summed E-state index contributed by atoms with van der Waals surface area (Å²) in [6.07, 6.45) is 0. The first-order chi connectivity index (χ1) is 5.49. The smallest absolute Gasteiger partial charge is 0.323 e. The van der Waals surface area contributed by atoms with E-state index in [4.69, 9.17) is 5.11 Å². The van der Waals surface area contributed by atoms with Crippen LogP contribution in [0.2, 0.25) is 0 Å². The van der Waals surface area contributed by atoms with Crippen molar-refractivity contribution in [2.24, 2.45) is 0 Å². The fraction of sp³-hybridized carbons (Fsp3) is 0.714. The molecule has 0 bridgehead atoms. The number of amides is 1. The molecule has 0 saturated heterocycles. The minimum absolute atomic E-state index is 0.222. The molecule has 0 aliphatic heterocycles. The predicted octanol–water partition coefficient (Wildman–Crippen LogP) is -0.863. The van der Waals surface area contributed by atoms with Crippen molar-refractivity contribution in [2.45, 2.75) is 13.0 Å². The number of likely N-dealkylation sites (N-methyl/N-ethyl adjacent to an activating group) is 2. The van der Waals surface area contributed by atoms with Gasteiger partial charge in [0.05, 0.1) is 6.04 Å². The van der Waals surface area contributed by atoms with Gasteiger partial charge in [-0.2, -0.15) is 0 Å². The maximum Gasteiger partial charge on any atom is 0.323 e. The molecule has 0 saturated carbocycles. The zero-order chi connectivity index (χ0) is 9.72. The Balaban J connectivity index is 4.01. The first-order valence-electron chi connectivity index (χ1n) is 3.63. The molecule has 2 N–H and O–H groups in total. The average molecular weight is 174 g/mol. The van der Waals surface area contributed by atoms with E-state index in [1.54, 1.807) is 14.0 Å². The Morgan fingerprint density at radius 3 is 2.42 bits per heavy atom. The normalized spacial score (nSPS) is 12.2. The summed E-state index contributed by atoms with van der Waals surface area (Å²) in [6.45, 7) is 1.42. The van der Waals surface area contributed by atoms with E-state index in [-0.39, 0.29) is 18.5 Å². The largest absolute Gasteiger partial charge is 0.480 e. The molecule has 1 unspecified atom stereocenters. The molecule has 0 heterocycles. The zero-order valence-electron chi connectivity index (χ0n) is 7.50. The molecule has 0 aromatic carbocycles. The van der Waals surface area contributed by atoms with Crippen LogP contribution in [0.3, 0.4) is 0 Å². The molecular formula is C7H14N2O3. The second kappa shape index (κ2) is 4.71. The Morgan fingerprint density at radius 1 is 1.58 bits per heavy atom. The predicted molar refractivity (Wildman–Crippen MR) is 43.8 cm³/mol. The van der Waals surface area contributed by atoms with E-state index in [1.165, 1.54) is 11.9 Å². The van der Waals surface area contributed by atoms with Gasteiger partial charge < -0.3 is 15.3 Å². The number of nitrogens with one attached hydrogen (secondary N) is 1. The minimum Gasteiger partial charge on any atom is -0.480 e. The van der Waals surface area contributed by atoms with Crippen molar-refractivity contribution < 1.29 is 14.7 Å². The van der Waals surface area contributed by atoms with E-state index < -0.39 is 5.97 Å². The van der Waals surface area contributed by atoms with Crippen LogP contribution in [0.15, 0.2) is 0 Å². The summed E-state index contributed by atoms with van der Waals surface area (Å²) in [5, 5.41) is 11.1. The fourth-order valence-electron chi connectivity index (χ4n) is 0.735. The molecule has 0 aromatic heterocycles. The summed E-state index contributed by atoms with van der Waals surface area (Å²) in [5.41, 5.74) is 0. The second-order valence-electron chi connectivity index (χ2n) is 2.60. The monoisotopic (exact) mass is 174 g/mol. The molecule has 5 heteroatoms. The molecule has 0 fully saturated rings. The molecule has 0 rings (SSSR count). The van der Waals surface area contributed by atoms with E-state index in [1.807, 2.05) is 0 Å². The summed E-state index contributed by atoms with van der Waals surface area (Å²) in [4.78, 5) is 22.6. The van der Waals surface area contributed by atoms with Crippen molar-refractivity contribution in [3.8, 4) is 0 Å². The quantitative estimate of drug-likeness (QED) is 0.581. The van der Waals surface area contributed by atoms with Crippen molar-refractivity contribution >= 4 is 11.9 Å². The highest BCUT2D eigenvalue weighted by Gasteiger charge is 2.16. The Labute approximate surface area is 71.4 Å². The van der Waals surface area contributed by atoms with Crippen LogP contribution in [0.1, 0.15) is 6.92 Å². The lowest BCUT2D eigenvalue weighted by Crippen LogP contribution is -2.43. The van der Waals surface area contributed by atoms with Gasteiger partial charge in [-0.05, 0) is 14.0 Å². The van der Waals surface area contributed by atoms with Crippen LogP contribution in [-0.2, 0) is 9.59 Å². The Bertz CT molecular complexity index is 181. The van der Waals surface area contributed by atoms with E-state index in [9.17, 15) is 9.59 Å². The molecule has 70 valence electrons. The lowest BCUT2D eigenvalue weighted by molar-refractivity contribution is -0.144. The standard InChI is InChI=1S/C7H14N2O3/c1-5(8-2)7(12)9(3)4-6(10)11/h5,8H,4H2,1-3H3,(H,10,11). The van der Waals surface area contributed by atoms with Crippen LogP contribution in [0.4, 0.5) is 0 Å². The highest BCUT2D eigenvalue weighted by molar-refractivity contribution is 5.84. The Hall–Kier alpha value is -1.10. The summed E-state index contributed by atoms with van der Waals surface area (Å²) >= 11 is 0. The molecule has 0 aliphatic carbocycles. The summed E-state index contributed by atoms with van der Waals surface area (Å²) in [6, 6.07) is -0.339. The minimum atomic E-state index is -1.01. The van der Waals surface area contributed by atoms with Gasteiger partial charge in [0.2, 0.25) is 5.91 Å². The van der Waals surface area contributed by atoms with Crippen LogP contribution in [0, 0.1) is 0 Å². The van der Waals surface area contributed by atoms with Gasteiger partial charge in [0, 0.05) is 7.05 Å². The molecule has 0 radical (unpaired) electrons. The van der Waals surface area contributed by atoms with E-state index in [2.05, 4.69) is 5.32 Å². The highest BCUT2D eigenvalue weighted by atomic mass is 16.4. The van der Waals surface area contributed by atoms with Crippen LogP contribution in [-0.4, -0.2) is 48.6 Å². The lowest BCUT2D eigenvalue weighted by Gasteiger charge is -2.18. The summed E-state index contributed by atoms with van der Waals surface area (Å²) in [5.74, 6) is -1.23. The first-order valence-corrected chi connectivity index (χ1v) is 3.63. The number of hydrogen-bond acceptors (Lipinski definition) is 3. The van der Waals surface area contributed by atoms with Crippen molar-refractivity contribution in [1.82, 2.24) is 10.2 Å². The molecular weight excluding hydrogens is 160 g/mol. The molecule has 1 amide bonds. The van der Waals surface area contributed by atoms with Gasteiger partial charge in [-0.15, -0.1) is 0 Å². The number of nitrogens with zero attached hydrogens (tertiary/aromatic N) is 1. The summed E-state index contributed by atoms with van der Waals surface area (Å²) in [7, 11) is 3.11. The van der Waals surface area contributed by atoms with Crippen LogP contribution < -0.4 is 5.32 Å². The van der Waals surface area contributed by atoms with Crippen molar-refractivity contribution in [2.75, 3.05) is 20.6 Å². The number of rotatable bonds is 4. The third-order valence-electron chi connectivity index (χ3n) is 1.55. The maximum absolute atomic E-state index is 11.2. The van der Waals surface area contributed by atoms with Crippen molar-refractivity contribution in [3.05, 3.63) is 0 Å². The number of carbonyl (C=O) groups excluding carboxylic acids is 1.